The number of halogens is 1. The number of benzene rings is 1. The Morgan fingerprint density at radius 2 is 1.65 bits per heavy atom. The molecule has 0 saturated heterocycles. The highest BCUT2D eigenvalue weighted by Crippen LogP contribution is 2.11. The Hall–Kier alpha value is -2.01. The van der Waals surface area contributed by atoms with Gasteiger partial charge in [-0.05, 0) is 31.2 Å². The van der Waals surface area contributed by atoms with Crippen LogP contribution >= 0.6 is 11.6 Å². The molecule has 6 heteroatoms. The van der Waals surface area contributed by atoms with Crippen molar-refractivity contribution in [2.45, 2.75) is 19.8 Å². The van der Waals surface area contributed by atoms with Crippen molar-refractivity contribution in [1.82, 2.24) is 0 Å². The van der Waals surface area contributed by atoms with Gasteiger partial charge < -0.3 is 4.74 Å². The molecule has 0 saturated carbocycles. The summed E-state index contributed by atoms with van der Waals surface area (Å²) in [5.74, 6) is -3.05. The van der Waals surface area contributed by atoms with Crippen molar-refractivity contribution in [1.29, 1.82) is 0 Å². The molecule has 0 unspecified atom stereocenters. The van der Waals surface area contributed by atoms with E-state index in [9.17, 15) is 19.2 Å². The monoisotopic (exact) mass is 296 g/mol. The molecule has 1 rings (SSSR count). The molecule has 5 nitrogen and oxygen atoms in total. The smallest absolute Gasteiger partial charge is 0.375 e. The Morgan fingerprint density at radius 1 is 1.05 bits per heavy atom. The molecule has 0 radical (unpaired) electrons. The maximum absolute atomic E-state index is 11.8. The SMILES string of the molecule is CCOC(=O)C(=O)CC(=O)CC(=O)c1ccc(Cl)cc1. The molecule has 0 aliphatic carbocycles. The van der Waals surface area contributed by atoms with Crippen molar-refractivity contribution in [2.75, 3.05) is 6.61 Å². The summed E-state index contributed by atoms with van der Waals surface area (Å²) in [5, 5.41) is 0.477. The Balaban J connectivity index is 2.54. The predicted octanol–water partition coefficient (Wildman–Crippen LogP) is 2.00. The first-order valence-corrected chi connectivity index (χ1v) is 6.32. The van der Waals surface area contributed by atoms with Crippen LogP contribution in [-0.4, -0.2) is 29.9 Å². The standard InChI is InChI=1S/C14H13ClO5/c1-2-20-14(19)13(18)8-11(16)7-12(17)9-3-5-10(15)6-4-9/h3-6H,2,7-8H2,1H3. The number of hydrogen-bond donors (Lipinski definition) is 0. The number of ether oxygens (including phenoxy) is 1. The van der Waals surface area contributed by atoms with Gasteiger partial charge in [-0.25, -0.2) is 4.79 Å². The van der Waals surface area contributed by atoms with Gasteiger partial charge in [0.2, 0.25) is 5.78 Å². The normalized spacial score (nSPS) is 9.90. The summed E-state index contributed by atoms with van der Waals surface area (Å²) in [4.78, 5) is 45.6. The highest BCUT2D eigenvalue weighted by atomic mass is 35.5. The molecule has 0 spiro atoms. The lowest BCUT2D eigenvalue weighted by Gasteiger charge is -2.02. The Bertz CT molecular complexity index is 533. The van der Waals surface area contributed by atoms with E-state index in [1.165, 1.54) is 24.3 Å². The third-order valence-electron chi connectivity index (χ3n) is 2.38. The molecule has 0 amide bonds. The van der Waals surface area contributed by atoms with Crippen LogP contribution in [0.25, 0.3) is 0 Å². The van der Waals surface area contributed by atoms with Crippen molar-refractivity contribution < 1.29 is 23.9 Å². The van der Waals surface area contributed by atoms with Crippen LogP contribution in [0.15, 0.2) is 24.3 Å². The lowest BCUT2D eigenvalue weighted by molar-refractivity contribution is -0.154. The zero-order valence-electron chi connectivity index (χ0n) is 10.8. The topological polar surface area (TPSA) is 77.5 Å². The minimum Gasteiger partial charge on any atom is -0.460 e. The zero-order chi connectivity index (χ0) is 15.1. The van der Waals surface area contributed by atoms with Crippen molar-refractivity contribution in [3.8, 4) is 0 Å². The molecule has 106 valence electrons. The largest absolute Gasteiger partial charge is 0.460 e. The molecule has 1 aromatic rings. The van der Waals surface area contributed by atoms with E-state index >= 15 is 0 Å². The van der Waals surface area contributed by atoms with Gasteiger partial charge in [0.15, 0.2) is 5.78 Å². The first-order valence-electron chi connectivity index (χ1n) is 5.94. The second-order valence-electron chi connectivity index (χ2n) is 3.97. The van der Waals surface area contributed by atoms with Gasteiger partial charge in [-0.15, -0.1) is 0 Å². The molecule has 0 aromatic heterocycles. The minimum absolute atomic E-state index is 0.0580. The van der Waals surface area contributed by atoms with Crippen LogP contribution < -0.4 is 0 Å². The van der Waals surface area contributed by atoms with Crippen molar-refractivity contribution in [3.63, 3.8) is 0 Å². The van der Waals surface area contributed by atoms with Crippen LogP contribution in [0.5, 0.6) is 0 Å². The fraction of sp³-hybridized carbons (Fsp3) is 0.286. The number of Topliss-reactive ketones (excluding diaryl/α,β-unsaturated/α-hetero) is 3. The van der Waals surface area contributed by atoms with Gasteiger partial charge in [0.1, 0.15) is 5.78 Å². The van der Waals surface area contributed by atoms with Crippen LogP contribution in [0.3, 0.4) is 0 Å². The molecule has 1 aromatic carbocycles. The zero-order valence-corrected chi connectivity index (χ0v) is 11.6. The van der Waals surface area contributed by atoms with E-state index in [1.54, 1.807) is 6.92 Å². The van der Waals surface area contributed by atoms with Crippen molar-refractivity contribution in [3.05, 3.63) is 34.9 Å². The molecule has 0 bridgehead atoms. The molecule has 0 atom stereocenters. The molecule has 0 heterocycles. The fourth-order valence-corrected chi connectivity index (χ4v) is 1.57. The van der Waals surface area contributed by atoms with Gasteiger partial charge in [-0.3, -0.25) is 14.4 Å². The van der Waals surface area contributed by atoms with E-state index in [2.05, 4.69) is 4.74 Å². The Labute approximate surface area is 120 Å². The lowest BCUT2D eigenvalue weighted by Crippen LogP contribution is -2.21. The summed E-state index contributed by atoms with van der Waals surface area (Å²) in [6.45, 7) is 1.61. The molecule has 0 fully saturated rings. The first-order chi connectivity index (χ1) is 9.43. The average Bonchev–Trinajstić information content (AvgIpc) is 2.39. The summed E-state index contributed by atoms with van der Waals surface area (Å²) in [6.07, 6.45) is -1.06. The van der Waals surface area contributed by atoms with Gasteiger partial charge >= 0.3 is 5.97 Å². The van der Waals surface area contributed by atoms with Crippen LogP contribution in [0.2, 0.25) is 5.02 Å². The summed E-state index contributed by atoms with van der Waals surface area (Å²) in [7, 11) is 0. The van der Waals surface area contributed by atoms with E-state index in [-0.39, 0.29) is 6.61 Å². The molecule has 20 heavy (non-hydrogen) atoms. The first kappa shape index (κ1) is 16.0. The van der Waals surface area contributed by atoms with Gasteiger partial charge in [0, 0.05) is 10.6 Å². The van der Waals surface area contributed by atoms with Crippen molar-refractivity contribution in [2.24, 2.45) is 0 Å². The van der Waals surface area contributed by atoms with E-state index in [1.807, 2.05) is 0 Å². The number of hydrogen-bond acceptors (Lipinski definition) is 5. The van der Waals surface area contributed by atoms with Gasteiger partial charge in [-0.2, -0.15) is 0 Å². The van der Waals surface area contributed by atoms with Gasteiger partial charge in [0.25, 0.3) is 0 Å². The highest BCUT2D eigenvalue weighted by molar-refractivity contribution is 6.37. The van der Waals surface area contributed by atoms with E-state index in [0.717, 1.165) is 0 Å². The summed E-state index contributed by atoms with van der Waals surface area (Å²) < 4.78 is 4.47. The number of esters is 1. The quantitative estimate of drug-likeness (QED) is 0.333. The van der Waals surface area contributed by atoms with E-state index < -0.39 is 36.2 Å². The molecular weight excluding hydrogens is 284 g/mol. The summed E-state index contributed by atoms with van der Waals surface area (Å²) in [5.41, 5.74) is 0.325. The van der Waals surface area contributed by atoms with Crippen LogP contribution in [0, 0.1) is 0 Å². The lowest BCUT2D eigenvalue weighted by atomic mass is 10.0. The Kier molecular flexibility index (Phi) is 6.06. The summed E-state index contributed by atoms with van der Waals surface area (Å²) in [6, 6.07) is 6.04. The molecule has 0 N–H and O–H groups in total. The Morgan fingerprint density at radius 3 is 2.20 bits per heavy atom. The summed E-state index contributed by atoms with van der Waals surface area (Å²) >= 11 is 5.68. The number of carbonyl (C=O) groups is 4. The maximum atomic E-state index is 11.8. The van der Waals surface area contributed by atoms with Gasteiger partial charge in [-0.1, -0.05) is 11.6 Å². The van der Waals surface area contributed by atoms with Crippen LogP contribution in [0.1, 0.15) is 30.1 Å². The molecule has 0 aliphatic rings. The minimum atomic E-state index is -1.06. The highest BCUT2D eigenvalue weighted by Gasteiger charge is 2.21. The molecular formula is C14H13ClO5. The second kappa shape index (κ2) is 7.55. The molecule has 0 aliphatic heterocycles. The van der Waals surface area contributed by atoms with Crippen LogP contribution in [-0.2, 0) is 19.1 Å². The number of rotatable bonds is 7. The fourth-order valence-electron chi connectivity index (χ4n) is 1.44. The van der Waals surface area contributed by atoms with Gasteiger partial charge in [0.05, 0.1) is 19.4 Å². The van der Waals surface area contributed by atoms with Crippen LogP contribution in [0.4, 0.5) is 0 Å². The van der Waals surface area contributed by atoms with E-state index in [0.29, 0.717) is 10.6 Å². The second-order valence-corrected chi connectivity index (χ2v) is 4.40. The maximum Gasteiger partial charge on any atom is 0.375 e. The number of ketones is 3. The predicted molar refractivity (Wildman–Crippen MR) is 71.7 cm³/mol. The number of carbonyl (C=O) groups excluding carboxylic acids is 4. The average molecular weight is 297 g/mol. The third kappa shape index (κ3) is 4.93. The third-order valence-corrected chi connectivity index (χ3v) is 2.64. The van der Waals surface area contributed by atoms with E-state index in [4.69, 9.17) is 11.6 Å². The van der Waals surface area contributed by atoms with Crippen molar-refractivity contribution >= 4 is 34.9 Å².